The van der Waals surface area contributed by atoms with Crippen LogP contribution in [0.15, 0.2) is 5.16 Å². The van der Waals surface area contributed by atoms with E-state index in [1.807, 2.05) is 6.26 Å². The van der Waals surface area contributed by atoms with Crippen molar-refractivity contribution < 1.29 is 0 Å². The summed E-state index contributed by atoms with van der Waals surface area (Å²) in [5.41, 5.74) is 0. The third kappa shape index (κ3) is 1.20. The van der Waals surface area contributed by atoms with E-state index in [4.69, 9.17) is 0 Å². The zero-order chi connectivity index (χ0) is 7.68. The second-order valence-electron chi connectivity index (χ2n) is 2.53. The molecule has 0 unspecified atom stereocenters. The van der Waals surface area contributed by atoms with Gasteiger partial charge in [-0.2, -0.15) is 0 Å². The normalized spacial score (nSPS) is 15.0. The topological polar surface area (TPSA) is 28.7 Å². The quantitative estimate of drug-likeness (QED) is 0.615. The van der Waals surface area contributed by atoms with E-state index < -0.39 is 0 Å². The number of nitrogens with one attached hydrogen (secondary N) is 1. The lowest BCUT2D eigenvalue weighted by Crippen LogP contribution is -2.26. The molecule has 3 heteroatoms. The van der Waals surface area contributed by atoms with E-state index in [9.17, 15) is 0 Å². The highest BCUT2D eigenvalue weighted by Gasteiger charge is 1.98. The van der Waals surface area contributed by atoms with Crippen molar-refractivity contribution in [2.24, 2.45) is 0 Å². The SMILES string of the molecule is CSc1nc2c([nH]1)=CCCC=2. The van der Waals surface area contributed by atoms with Crippen LogP contribution in [0.3, 0.4) is 0 Å². The Morgan fingerprint density at radius 1 is 1.45 bits per heavy atom. The fraction of sp³-hybridized carbons (Fsp3) is 0.375. The first kappa shape index (κ1) is 6.98. The fourth-order valence-corrected chi connectivity index (χ4v) is 1.63. The maximum atomic E-state index is 4.39. The van der Waals surface area contributed by atoms with Crippen LogP contribution in [0, 0.1) is 0 Å². The van der Waals surface area contributed by atoms with Crippen LogP contribution in [0.2, 0.25) is 0 Å². The number of hydrogen-bond acceptors (Lipinski definition) is 2. The molecule has 0 aromatic carbocycles. The van der Waals surface area contributed by atoms with Gasteiger partial charge in [0.15, 0.2) is 5.16 Å². The average molecular weight is 166 g/mol. The number of hydrogen-bond donors (Lipinski definition) is 1. The summed E-state index contributed by atoms with van der Waals surface area (Å²) in [5, 5.41) is 3.34. The van der Waals surface area contributed by atoms with E-state index in [0.717, 1.165) is 23.3 Å². The molecule has 0 bridgehead atoms. The molecule has 1 aliphatic carbocycles. The Hall–Kier alpha value is -0.700. The first-order chi connectivity index (χ1) is 5.40. The van der Waals surface area contributed by atoms with Gasteiger partial charge < -0.3 is 4.98 Å². The molecule has 0 saturated carbocycles. The average Bonchev–Trinajstić information content (AvgIpc) is 2.46. The Labute approximate surface area is 69.4 Å². The van der Waals surface area contributed by atoms with Crippen LogP contribution < -0.4 is 10.7 Å². The molecule has 2 rings (SSSR count). The highest BCUT2D eigenvalue weighted by Crippen LogP contribution is 2.03. The third-order valence-corrected chi connectivity index (χ3v) is 2.37. The molecule has 11 heavy (non-hydrogen) atoms. The standard InChI is InChI=1S/C8H10N2S/c1-11-8-9-6-4-2-3-5-7(6)10-8/h4-5H,2-3H2,1H3,(H,9,10). The first-order valence-corrected chi connectivity index (χ1v) is 4.93. The second-order valence-corrected chi connectivity index (χ2v) is 3.33. The molecule has 0 fully saturated rings. The van der Waals surface area contributed by atoms with E-state index >= 15 is 0 Å². The summed E-state index contributed by atoms with van der Waals surface area (Å²) in [6, 6.07) is 0. The zero-order valence-electron chi connectivity index (χ0n) is 6.42. The van der Waals surface area contributed by atoms with Crippen molar-refractivity contribution in [2.45, 2.75) is 18.0 Å². The molecule has 1 aromatic rings. The molecular formula is C8H10N2S. The van der Waals surface area contributed by atoms with E-state index in [-0.39, 0.29) is 0 Å². The monoisotopic (exact) mass is 166 g/mol. The maximum absolute atomic E-state index is 4.39. The maximum Gasteiger partial charge on any atom is 0.166 e. The van der Waals surface area contributed by atoms with Gasteiger partial charge in [0, 0.05) is 0 Å². The number of aromatic amines is 1. The number of aromatic nitrogens is 2. The molecule has 0 radical (unpaired) electrons. The summed E-state index contributed by atoms with van der Waals surface area (Å²) in [6.07, 6.45) is 8.70. The van der Waals surface area contributed by atoms with Crippen LogP contribution in [-0.2, 0) is 0 Å². The summed E-state index contributed by atoms with van der Waals surface area (Å²) >= 11 is 1.66. The molecule has 1 N–H and O–H groups in total. The highest BCUT2D eigenvalue weighted by molar-refractivity contribution is 7.98. The molecule has 1 aliphatic rings. The molecule has 0 atom stereocenters. The van der Waals surface area contributed by atoms with Gasteiger partial charge in [0.1, 0.15) is 0 Å². The lowest BCUT2D eigenvalue weighted by Gasteiger charge is -1.89. The molecule has 1 aromatic heterocycles. The summed E-state index contributed by atoms with van der Waals surface area (Å²) in [4.78, 5) is 7.64. The minimum absolute atomic E-state index is 1.02. The van der Waals surface area contributed by atoms with Gasteiger partial charge in [-0.15, -0.1) is 0 Å². The molecule has 0 spiro atoms. The van der Waals surface area contributed by atoms with Crippen molar-refractivity contribution in [1.82, 2.24) is 9.97 Å². The van der Waals surface area contributed by atoms with E-state index in [0.29, 0.717) is 0 Å². The summed E-state index contributed by atoms with van der Waals surface area (Å²) in [6.45, 7) is 0. The lowest BCUT2D eigenvalue weighted by atomic mass is 10.2. The van der Waals surface area contributed by atoms with Gasteiger partial charge in [-0.3, -0.25) is 0 Å². The van der Waals surface area contributed by atoms with Crippen LogP contribution in [0.5, 0.6) is 0 Å². The van der Waals surface area contributed by atoms with Crippen LogP contribution in [-0.4, -0.2) is 16.2 Å². The Morgan fingerprint density at radius 2 is 2.27 bits per heavy atom. The summed E-state index contributed by atoms with van der Waals surface area (Å²) in [7, 11) is 0. The molecule has 58 valence electrons. The van der Waals surface area contributed by atoms with E-state index in [2.05, 4.69) is 22.1 Å². The first-order valence-electron chi connectivity index (χ1n) is 3.70. The number of thioether (sulfide) groups is 1. The van der Waals surface area contributed by atoms with Gasteiger partial charge in [-0.1, -0.05) is 23.9 Å². The fourth-order valence-electron chi connectivity index (χ4n) is 1.23. The van der Waals surface area contributed by atoms with Gasteiger partial charge in [0.05, 0.1) is 10.7 Å². The van der Waals surface area contributed by atoms with Crippen molar-refractivity contribution in [3.05, 3.63) is 10.7 Å². The van der Waals surface area contributed by atoms with Gasteiger partial charge >= 0.3 is 0 Å². The van der Waals surface area contributed by atoms with Crippen molar-refractivity contribution in [3.63, 3.8) is 0 Å². The van der Waals surface area contributed by atoms with Crippen LogP contribution >= 0.6 is 11.8 Å². The molecular weight excluding hydrogens is 156 g/mol. The Balaban J connectivity index is 2.66. The summed E-state index contributed by atoms with van der Waals surface area (Å²) in [5.74, 6) is 0. The van der Waals surface area contributed by atoms with Crippen molar-refractivity contribution >= 4 is 23.9 Å². The van der Waals surface area contributed by atoms with Crippen LogP contribution in [0.25, 0.3) is 12.2 Å². The lowest BCUT2D eigenvalue weighted by molar-refractivity contribution is 1.05. The largest absolute Gasteiger partial charge is 0.333 e. The number of imidazole rings is 1. The predicted molar refractivity (Wildman–Crippen MR) is 47.8 cm³/mol. The van der Waals surface area contributed by atoms with Gasteiger partial charge in [0.2, 0.25) is 0 Å². The highest BCUT2D eigenvalue weighted by atomic mass is 32.2. The second kappa shape index (κ2) is 2.74. The predicted octanol–water partition coefficient (Wildman–Crippen LogP) is 0.486. The van der Waals surface area contributed by atoms with Crippen LogP contribution in [0.1, 0.15) is 12.8 Å². The Bertz CT molecular complexity index is 330. The van der Waals surface area contributed by atoms with Crippen molar-refractivity contribution in [3.8, 4) is 0 Å². The van der Waals surface area contributed by atoms with E-state index in [1.165, 1.54) is 5.35 Å². The molecule has 2 nitrogen and oxygen atoms in total. The third-order valence-electron chi connectivity index (χ3n) is 1.79. The van der Waals surface area contributed by atoms with Crippen molar-refractivity contribution in [1.29, 1.82) is 0 Å². The number of H-pyrrole nitrogens is 1. The van der Waals surface area contributed by atoms with Crippen molar-refractivity contribution in [2.75, 3.05) is 6.26 Å². The number of rotatable bonds is 1. The summed E-state index contributed by atoms with van der Waals surface area (Å²) < 4.78 is 0. The van der Waals surface area contributed by atoms with Gasteiger partial charge in [-0.25, -0.2) is 4.98 Å². The Kier molecular flexibility index (Phi) is 1.74. The minimum Gasteiger partial charge on any atom is -0.333 e. The van der Waals surface area contributed by atoms with Crippen LogP contribution in [0.4, 0.5) is 0 Å². The molecule has 0 amide bonds. The number of fused-ring (bicyclic) bond motifs is 1. The van der Waals surface area contributed by atoms with Gasteiger partial charge in [-0.05, 0) is 19.1 Å². The molecule has 0 aliphatic heterocycles. The Morgan fingerprint density at radius 3 is 3.00 bits per heavy atom. The molecule has 1 heterocycles. The molecule has 0 saturated heterocycles. The van der Waals surface area contributed by atoms with E-state index in [1.54, 1.807) is 11.8 Å². The smallest absolute Gasteiger partial charge is 0.166 e. The van der Waals surface area contributed by atoms with Gasteiger partial charge in [0.25, 0.3) is 0 Å². The number of nitrogens with zero attached hydrogens (tertiary/aromatic N) is 1. The zero-order valence-corrected chi connectivity index (χ0v) is 7.24. The minimum atomic E-state index is 1.02.